The Morgan fingerprint density at radius 1 is 1.36 bits per heavy atom. The quantitative estimate of drug-likeness (QED) is 0.726. The predicted molar refractivity (Wildman–Crippen MR) is 53.3 cm³/mol. The van der Waals surface area contributed by atoms with Crippen molar-refractivity contribution < 1.29 is 9.47 Å². The average molecular weight is 194 g/mol. The Bertz CT molecular complexity index is 352. The highest BCUT2D eigenvalue weighted by molar-refractivity contribution is 5.49. The SMILES string of the molecule is Cc1cc2c(cc1[C@@H](N)CN)OCO2. The number of aryl methyl sites for hydroxylation is 1. The molecule has 2 rings (SSSR count). The number of hydrogen-bond acceptors (Lipinski definition) is 4. The predicted octanol–water partition coefficient (Wildman–Crippen LogP) is 0.682. The Balaban J connectivity index is 2.42. The molecule has 1 atom stereocenters. The summed E-state index contributed by atoms with van der Waals surface area (Å²) in [7, 11) is 0. The molecular formula is C10H14N2O2. The van der Waals surface area contributed by atoms with Crippen LogP contribution in [0.2, 0.25) is 0 Å². The van der Waals surface area contributed by atoms with E-state index in [2.05, 4.69) is 0 Å². The van der Waals surface area contributed by atoms with Crippen LogP contribution in [0.4, 0.5) is 0 Å². The Kier molecular flexibility index (Phi) is 2.31. The third kappa shape index (κ3) is 1.42. The molecule has 0 fully saturated rings. The fourth-order valence-corrected chi connectivity index (χ4v) is 1.59. The summed E-state index contributed by atoms with van der Waals surface area (Å²) in [4.78, 5) is 0. The lowest BCUT2D eigenvalue weighted by Gasteiger charge is -2.13. The van der Waals surface area contributed by atoms with E-state index in [4.69, 9.17) is 20.9 Å². The van der Waals surface area contributed by atoms with Crippen molar-refractivity contribution in [2.75, 3.05) is 13.3 Å². The van der Waals surface area contributed by atoms with Crippen LogP contribution in [0.15, 0.2) is 12.1 Å². The number of benzene rings is 1. The molecule has 1 aromatic rings. The van der Waals surface area contributed by atoms with Crippen molar-refractivity contribution in [3.05, 3.63) is 23.3 Å². The van der Waals surface area contributed by atoms with Gasteiger partial charge in [-0.1, -0.05) is 0 Å². The van der Waals surface area contributed by atoms with Gasteiger partial charge in [-0.05, 0) is 30.2 Å². The molecule has 0 bridgehead atoms. The number of nitrogens with two attached hydrogens (primary N) is 2. The maximum atomic E-state index is 5.87. The fourth-order valence-electron chi connectivity index (χ4n) is 1.59. The zero-order chi connectivity index (χ0) is 10.1. The van der Waals surface area contributed by atoms with E-state index in [1.165, 1.54) is 0 Å². The monoisotopic (exact) mass is 194 g/mol. The number of rotatable bonds is 2. The second-order valence-corrected chi connectivity index (χ2v) is 3.40. The molecule has 4 heteroatoms. The second kappa shape index (κ2) is 3.48. The van der Waals surface area contributed by atoms with Crippen molar-refractivity contribution >= 4 is 0 Å². The van der Waals surface area contributed by atoms with Crippen molar-refractivity contribution in [1.82, 2.24) is 0 Å². The topological polar surface area (TPSA) is 70.5 Å². The van der Waals surface area contributed by atoms with E-state index in [9.17, 15) is 0 Å². The highest BCUT2D eigenvalue weighted by Crippen LogP contribution is 2.35. The van der Waals surface area contributed by atoms with Crippen molar-refractivity contribution in [2.24, 2.45) is 11.5 Å². The maximum absolute atomic E-state index is 5.87. The van der Waals surface area contributed by atoms with Crippen LogP contribution in [0.1, 0.15) is 17.2 Å². The summed E-state index contributed by atoms with van der Waals surface area (Å²) in [5, 5.41) is 0. The molecule has 0 radical (unpaired) electrons. The minimum Gasteiger partial charge on any atom is -0.454 e. The lowest BCUT2D eigenvalue weighted by atomic mass is 10.0. The van der Waals surface area contributed by atoms with E-state index in [0.717, 1.165) is 22.6 Å². The molecular weight excluding hydrogens is 180 g/mol. The van der Waals surface area contributed by atoms with Gasteiger partial charge < -0.3 is 20.9 Å². The molecule has 0 unspecified atom stereocenters. The maximum Gasteiger partial charge on any atom is 0.231 e. The molecule has 1 aliphatic heterocycles. The average Bonchev–Trinajstić information content (AvgIpc) is 2.62. The molecule has 1 aromatic carbocycles. The van der Waals surface area contributed by atoms with Gasteiger partial charge in [-0.15, -0.1) is 0 Å². The lowest BCUT2D eigenvalue weighted by Crippen LogP contribution is -2.21. The third-order valence-electron chi connectivity index (χ3n) is 2.41. The number of fused-ring (bicyclic) bond motifs is 1. The minimum absolute atomic E-state index is 0.135. The first-order valence-electron chi connectivity index (χ1n) is 4.58. The van der Waals surface area contributed by atoms with Gasteiger partial charge in [0.05, 0.1) is 0 Å². The Morgan fingerprint density at radius 3 is 2.64 bits per heavy atom. The molecule has 1 aliphatic rings. The molecule has 0 amide bonds. The fraction of sp³-hybridized carbons (Fsp3) is 0.400. The van der Waals surface area contributed by atoms with E-state index < -0.39 is 0 Å². The smallest absolute Gasteiger partial charge is 0.231 e. The van der Waals surface area contributed by atoms with Gasteiger partial charge >= 0.3 is 0 Å². The molecule has 0 aliphatic carbocycles. The van der Waals surface area contributed by atoms with Crippen molar-refractivity contribution in [3.8, 4) is 11.5 Å². The summed E-state index contributed by atoms with van der Waals surface area (Å²) < 4.78 is 10.5. The second-order valence-electron chi connectivity index (χ2n) is 3.40. The van der Waals surface area contributed by atoms with Gasteiger partial charge in [0.25, 0.3) is 0 Å². The molecule has 1 heterocycles. The highest BCUT2D eigenvalue weighted by Gasteiger charge is 2.17. The van der Waals surface area contributed by atoms with Crippen LogP contribution in [-0.4, -0.2) is 13.3 Å². The van der Waals surface area contributed by atoms with E-state index in [0.29, 0.717) is 6.54 Å². The summed E-state index contributed by atoms with van der Waals surface area (Å²) in [5.74, 6) is 1.55. The summed E-state index contributed by atoms with van der Waals surface area (Å²) >= 11 is 0. The van der Waals surface area contributed by atoms with Gasteiger partial charge in [-0.25, -0.2) is 0 Å². The Morgan fingerprint density at radius 2 is 2.00 bits per heavy atom. The molecule has 14 heavy (non-hydrogen) atoms. The van der Waals surface area contributed by atoms with Gasteiger partial charge in [0.1, 0.15) is 0 Å². The summed E-state index contributed by atoms with van der Waals surface area (Å²) in [6.45, 7) is 2.71. The summed E-state index contributed by atoms with van der Waals surface area (Å²) in [6.07, 6.45) is 0. The first-order chi connectivity index (χ1) is 6.72. The van der Waals surface area contributed by atoms with Crippen LogP contribution in [-0.2, 0) is 0 Å². The van der Waals surface area contributed by atoms with Crippen LogP contribution < -0.4 is 20.9 Å². The van der Waals surface area contributed by atoms with Gasteiger partial charge in [0, 0.05) is 12.6 Å². The van der Waals surface area contributed by atoms with Crippen LogP contribution in [0.3, 0.4) is 0 Å². The van der Waals surface area contributed by atoms with Gasteiger partial charge in [0.2, 0.25) is 6.79 Å². The molecule has 76 valence electrons. The zero-order valence-electron chi connectivity index (χ0n) is 8.12. The van der Waals surface area contributed by atoms with Crippen molar-refractivity contribution in [2.45, 2.75) is 13.0 Å². The number of ether oxygens (including phenoxy) is 2. The van der Waals surface area contributed by atoms with E-state index in [1.54, 1.807) is 0 Å². The largest absolute Gasteiger partial charge is 0.454 e. The van der Waals surface area contributed by atoms with E-state index in [1.807, 2.05) is 19.1 Å². The molecule has 0 saturated heterocycles. The van der Waals surface area contributed by atoms with Crippen LogP contribution in [0.25, 0.3) is 0 Å². The van der Waals surface area contributed by atoms with Crippen molar-refractivity contribution in [3.63, 3.8) is 0 Å². The third-order valence-corrected chi connectivity index (χ3v) is 2.41. The number of hydrogen-bond donors (Lipinski definition) is 2. The zero-order valence-corrected chi connectivity index (χ0v) is 8.12. The lowest BCUT2D eigenvalue weighted by molar-refractivity contribution is 0.174. The van der Waals surface area contributed by atoms with Gasteiger partial charge in [-0.3, -0.25) is 0 Å². The Hall–Kier alpha value is -1.26. The summed E-state index contributed by atoms with van der Waals surface area (Å²) in [5.41, 5.74) is 13.5. The molecule has 0 spiro atoms. The van der Waals surface area contributed by atoms with E-state index in [-0.39, 0.29) is 12.8 Å². The molecule has 0 saturated carbocycles. The van der Waals surface area contributed by atoms with Gasteiger partial charge in [-0.2, -0.15) is 0 Å². The van der Waals surface area contributed by atoms with Crippen molar-refractivity contribution in [1.29, 1.82) is 0 Å². The first-order valence-corrected chi connectivity index (χ1v) is 4.58. The summed E-state index contributed by atoms with van der Waals surface area (Å²) in [6, 6.07) is 3.71. The minimum atomic E-state index is -0.135. The van der Waals surface area contributed by atoms with Crippen LogP contribution in [0.5, 0.6) is 11.5 Å². The first kappa shape index (κ1) is 9.30. The van der Waals surface area contributed by atoms with E-state index >= 15 is 0 Å². The normalized spacial score (nSPS) is 15.6. The van der Waals surface area contributed by atoms with Crippen LogP contribution >= 0.6 is 0 Å². The Labute approximate surface area is 82.8 Å². The standard InChI is InChI=1S/C10H14N2O2/c1-6-2-9-10(14-5-13-9)3-7(6)8(12)4-11/h2-3,8H,4-5,11-12H2,1H3/t8-/m0/s1. The molecule has 4 N–H and O–H groups in total. The highest BCUT2D eigenvalue weighted by atomic mass is 16.7. The molecule has 0 aromatic heterocycles. The van der Waals surface area contributed by atoms with Gasteiger partial charge in [0.15, 0.2) is 11.5 Å². The molecule has 4 nitrogen and oxygen atoms in total. The van der Waals surface area contributed by atoms with Crippen LogP contribution in [0, 0.1) is 6.92 Å².